The number of hydrogen-bond acceptors (Lipinski definition) is 4. The van der Waals surface area contributed by atoms with Crippen LogP contribution in [-0.4, -0.2) is 27.1 Å². The predicted octanol–water partition coefficient (Wildman–Crippen LogP) is 4.92. The minimum Gasteiger partial charge on any atom is -0.271 e. The Hall–Kier alpha value is -2.97. The number of hydrogen-bond donors (Lipinski definition) is 1. The molecule has 0 heterocycles. The van der Waals surface area contributed by atoms with Gasteiger partial charge in [0.25, 0.3) is 15.9 Å². The monoisotopic (exact) mass is 513 g/mol. The summed E-state index contributed by atoms with van der Waals surface area (Å²) in [6, 6.07) is 22.6. The van der Waals surface area contributed by atoms with Gasteiger partial charge in [-0.15, -0.1) is 0 Å². The van der Waals surface area contributed by atoms with Crippen LogP contribution in [0, 0.1) is 0 Å². The molecule has 166 valence electrons. The van der Waals surface area contributed by atoms with Gasteiger partial charge in [-0.3, -0.25) is 9.10 Å². The number of sulfonamides is 1. The maximum Gasteiger partial charge on any atom is 0.264 e. The highest BCUT2D eigenvalue weighted by molar-refractivity contribution is 9.10. The molecule has 0 aliphatic carbocycles. The molecule has 0 fully saturated rings. The van der Waals surface area contributed by atoms with Crippen molar-refractivity contribution in [1.29, 1.82) is 0 Å². The molecule has 3 rings (SSSR count). The lowest BCUT2D eigenvalue weighted by Crippen LogP contribution is -2.39. The van der Waals surface area contributed by atoms with E-state index in [-0.39, 0.29) is 4.90 Å². The predicted molar refractivity (Wildman–Crippen MR) is 131 cm³/mol. The Labute approximate surface area is 197 Å². The molecule has 0 atom stereocenters. The molecule has 0 saturated heterocycles. The Morgan fingerprint density at radius 3 is 2.22 bits per heavy atom. The fourth-order valence-electron chi connectivity index (χ4n) is 2.95. The standard InChI is InChI=1S/C24H24BrN3O3S/c1-18(2)20-10-14-22(15-11-20)28(32(30,31)23-6-4-3-5-7-23)17-24(29)27-26-16-19-8-12-21(25)13-9-19/h3-16,18H,17H2,1-2H3,(H,27,29)/b26-16-. The van der Waals surface area contributed by atoms with Crippen LogP contribution in [0.5, 0.6) is 0 Å². The van der Waals surface area contributed by atoms with E-state index >= 15 is 0 Å². The summed E-state index contributed by atoms with van der Waals surface area (Å²) in [6.45, 7) is 3.71. The third-order valence-corrected chi connectivity index (χ3v) is 7.06. The van der Waals surface area contributed by atoms with Gasteiger partial charge in [0.05, 0.1) is 16.8 Å². The molecule has 3 aromatic carbocycles. The molecule has 8 heteroatoms. The van der Waals surface area contributed by atoms with Crippen molar-refractivity contribution < 1.29 is 13.2 Å². The fraction of sp³-hybridized carbons (Fsp3) is 0.167. The third-order valence-electron chi connectivity index (χ3n) is 4.74. The molecule has 6 nitrogen and oxygen atoms in total. The zero-order valence-corrected chi connectivity index (χ0v) is 20.2. The maximum atomic E-state index is 13.3. The number of rotatable bonds is 8. The van der Waals surface area contributed by atoms with Gasteiger partial charge >= 0.3 is 0 Å². The number of anilines is 1. The zero-order chi connectivity index (χ0) is 23.1. The number of nitrogens with zero attached hydrogens (tertiary/aromatic N) is 2. The number of amides is 1. The topological polar surface area (TPSA) is 78.8 Å². The van der Waals surface area contributed by atoms with Gasteiger partial charge in [-0.25, -0.2) is 13.8 Å². The van der Waals surface area contributed by atoms with Crippen molar-refractivity contribution in [3.8, 4) is 0 Å². The summed E-state index contributed by atoms with van der Waals surface area (Å²) in [4.78, 5) is 12.7. The highest BCUT2D eigenvalue weighted by Gasteiger charge is 2.27. The molecule has 0 aromatic heterocycles. The Morgan fingerprint density at radius 2 is 1.62 bits per heavy atom. The highest BCUT2D eigenvalue weighted by atomic mass is 79.9. The normalized spacial score (nSPS) is 11.6. The smallest absolute Gasteiger partial charge is 0.264 e. The van der Waals surface area contributed by atoms with E-state index in [0.717, 1.165) is 19.9 Å². The van der Waals surface area contributed by atoms with E-state index < -0.39 is 22.5 Å². The first-order chi connectivity index (χ1) is 15.3. The summed E-state index contributed by atoms with van der Waals surface area (Å²) >= 11 is 3.36. The second-order valence-corrected chi connectivity index (χ2v) is 10.2. The summed E-state index contributed by atoms with van der Waals surface area (Å²) in [5, 5.41) is 3.95. The van der Waals surface area contributed by atoms with E-state index in [9.17, 15) is 13.2 Å². The van der Waals surface area contributed by atoms with Gasteiger partial charge in [0, 0.05) is 4.47 Å². The van der Waals surface area contributed by atoms with E-state index in [1.807, 2.05) is 36.4 Å². The molecule has 0 unspecified atom stereocenters. The van der Waals surface area contributed by atoms with E-state index in [0.29, 0.717) is 11.6 Å². The van der Waals surface area contributed by atoms with Crippen LogP contribution in [0.15, 0.2) is 93.3 Å². The molecule has 1 N–H and O–H groups in total. The average molecular weight is 514 g/mol. The molecular formula is C24H24BrN3O3S. The minimum absolute atomic E-state index is 0.110. The van der Waals surface area contributed by atoms with Gasteiger partial charge in [-0.1, -0.05) is 72.2 Å². The van der Waals surface area contributed by atoms with Gasteiger partial charge in [0.15, 0.2) is 0 Å². The third kappa shape index (κ3) is 6.05. The van der Waals surface area contributed by atoms with Crippen LogP contribution in [0.2, 0.25) is 0 Å². The minimum atomic E-state index is -3.95. The summed E-state index contributed by atoms with van der Waals surface area (Å²) in [6.07, 6.45) is 1.50. The lowest BCUT2D eigenvalue weighted by molar-refractivity contribution is -0.119. The summed E-state index contributed by atoms with van der Waals surface area (Å²) < 4.78 is 28.7. The number of benzene rings is 3. The molecule has 0 saturated carbocycles. The average Bonchev–Trinajstić information content (AvgIpc) is 2.79. The number of carbonyl (C=O) groups is 1. The summed E-state index contributed by atoms with van der Waals surface area (Å²) in [5.41, 5.74) is 4.70. The Morgan fingerprint density at radius 1 is 1.00 bits per heavy atom. The van der Waals surface area contributed by atoms with Gasteiger partial charge in [-0.05, 0) is 53.4 Å². The second-order valence-electron chi connectivity index (χ2n) is 7.42. The molecule has 3 aromatic rings. The molecule has 0 aliphatic heterocycles. The fourth-order valence-corrected chi connectivity index (χ4v) is 4.66. The van der Waals surface area contributed by atoms with Crippen molar-refractivity contribution in [2.45, 2.75) is 24.7 Å². The Bertz CT molecular complexity index is 1180. The van der Waals surface area contributed by atoms with Crippen LogP contribution in [0.25, 0.3) is 0 Å². The Balaban J connectivity index is 1.83. The lowest BCUT2D eigenvalue weighted by Gasteiger charge is -2.24. The van der Waals surface area contributed by atoms with E-state index in [1.54, 1.807) is 30.3 Å². The molecular weight excluding hydrogens is 490 g/mol. The largest absolute Gasteiger partial charge is 0.271 e. The molecule has 1 amide bonds. The summed E-state index contributed by atoms with van der Waals surface area (Å²) in [5.74, 6) is -0.245. The molecule has 0 aliphatic rings. The number of halogens is 1. The highest BCUT2D eigenvalue weighted by Crippen LogP contribution is 2.25. The van der Waals surface area contributed by atoms with Gasteiger partial charge < -0.3 is 0 Å². The van der Waals surface area contributed by atoms with Crippen LogP contribution in [-0.2, 0) is 14.8 Å². The van der Waals surface area contributed by atoms with Crippen molar-refractivity contribution in [2.75, 3.05) is 10.8 Å². The molecule has 0 spiro atoms. The van der Waals surface area contributed by atoms with Gasteiger partial charge in [0.1, 0.15) is 6.54 Å². The van der Waals surface area contributed by atoms with E-state index in [1.165, 1.54) is 18.3 Å². The number of carbonyl (C=O) groups excluding carboxylic acids is 1. The van der Waals surface area contributed by atoms with Crippen LogP contribution in [0.3, 0.4) is 0 Å². The van der Waals surface area contributed by atoms with Crippen molar-refractivity contribution in [3.63, 3.8) is 0 Å². The number of hydrazone groups is 1. The van der Waals surface area contributed by atoms with Crippen molar-refractivity contribution >= 4 is 43.8 Å². The van der Waals surface area contributed by atoms with Crippen LogP contribution >= 0.6 is 15.9 Å². The SMILES string of the molecule is CC(C)c1ccc(N(CC(=O)N/N=C\c2ccc(Br)cc2)S(=O)(=O)c2ccccc2)cc1. The van der Waals surface area contributed by atoms with Crippen LogP contribution in [0.4, 0.5) is 5.69 Å². The van der Waals surface area contributed by atoms with E-state index in [4.69, 9.17) is 0 Å². The first-order valence-corrected chi connectivity index (χ1v) is 12.3. The van der Waals surface area contributed by atoms with Gasteiger partial charge in [-0.2, -0.15) is 5.10 Å². The maximum absolute atomic E-state index is 13.3. The quantitative estimate of drug-likeness (QED) is 0.343. The van der Waals surface area contributed by atoms with E-state index in [2.05, 4.69) is 40.3 Å². The first-order valence-electron chi connectivity index (χ1n) is 10.0. The second kappa shape index (κ2) is 10.6. The van der Waals surface area contributed by atoms with Crippen molar-refractivity contribution in [1.82, 2.24) is 5.43 Å². The van der Waals surface area contributed by atoms with Crippen LogP contribution in [0.1, 0.15) is 30.9 Å². The number of nitrogens with one attached hydrogen (secondary N) is 1. The zero-order valence-electron chi connectivity index (χ0n) is 17.8. The van der Waals surface area contributed by atoms with Gasteiger partial charge in [0.2, 0.25) is 0 Å². The van der Waals surface area contributed by atoms with Crippen molar-refractivity contribution in [2.24, 2.45) is 5.10 Å². The lowest BCUT2D eigenvalue weighted by atomic mass is 10.0. The molecule has 0 bridgehead atoms. The first kappa shape index (κ1) is 23.7. The molecule has 0 radical (unpaired) electrons. The molecule has 32 heavy (non-hydrogen) atoms. The summed E-state index contributed by atoms with van der Waals surface area (Å²) in [7, 11) is -3.95. The van der Waals surface area contributed by atoms with Crippen LogP contribution < -0.4 is 9.73 Å². The Kier molecular flexibility index (Phi) is 7.82. The van der Waals surface area contributed by atoms with Crippen molar-refractivity contribution in [3.05, 3.63) is 94.5 Å².